The molecule has 0 spiro atoms. The summed E-state index contributed by atoms with van der Waals surface area (Å²) in [4.78, 5) is 11.7. The summed E-state index contributed by atoms with van der Waals surface area (Å²) in [5, 5.41) is 11.9. The summed E-state index contributed by atoms with van der Waals surface area (Å²) in [5.74, 6) is 0.00717. The summed E-state index contributed by atoms with van der Waals surface area (Å²) in [6, 6.07) is 4.50. The number of benzene rings is 1. The zero-order valence-electron chi connectivity index (χ0n) is 10.2. The van der Waals surface area contributed by atoms with Gasteiger partial charge in [-0.1, -0.05) is 0 Å². The number of hydrogen-bond donors (Lipinski definition) is 3. The lowest BCUT2D eigenvalue weighted by atomic mass is 10.1. The number of amides is 1. The Morgan fingerprint density at radius 1 is 1.56 bits per heavy atom. The monoisotopic (exact) mass is 250 g/mol. The molecule has 18 heavy (non-hydrogen) atoms. The molecule has 1 fully saturated rings. The van der Waals surface area contributed by atoms with E-state index in [4.69, 9.17) is 10.5 Å². The smallest absolute Gasteiger partial charge is 0.224 e. The Balaban J connectivity index is 1.82. The van der Waals surface area contributed by atoms with E-state index < -0.39 is 0 Å². The molecule has 1 unspecified atom stereocenters. The Kier molecular flexibility index (Phi) is 4.04. The Labute approximate surface area is 106 Å². The van der Waals surface area contributed by atoms with Crippen LogP contribution in [-0.2, 0) is 9.53 Å². The number of anilines is 2. The predicted molar refractivity (Wildman–Crippen MR) is 69.4 cm³/mol. The van der Waals surface area contributed by atoms with Gasteiger partial charge in [0.05, 0.1) is 17.5 Å². The number of rotatable bonds is 4. The summed E-state index contributed by atoms with van der Waals surface area (Å²) in [6.45, 7) is 0.803. The quantitative estimate of drug-likeness (QED) is 0.562. The summed E-state index contributed by atoms with van der Waals surface area (Å²) in [6.07, 6.45) is 3.49. The number of ether oxygens (including phenoxy) is 1. The predicted octanol–water partition coefficient (Wildman–Crippen LogP) is 1.87. The number of carbonyl (C=O) groups excluding carboxylic acids is 1. The molecular formula is C13H18N2O3. The van der Waals surface area contributed by atoms with Gasteiger partial charge in [-0.25, -0.2) is 0 Å². The largest absolute Gasteiger partial charge is 0.508 e. The minimum absolute atomic E-state index is 0.0807. The van der Waals surface area contributed by atoms with Gasteiger partial charge < -0.3 is 20.9 Å². The molecule has 2 rings (SSSR count). The van der Waals surface area contributed by atoms with E-state index >= 15 is 0 Å². The van der Waals surface area contributed by atoms with Crippen LogP contribution in [0.2, 0.25) is 0 Å². The minimum Gasteiger partial charge on any atom is -0.508 e. The second kappa shape index (κ2) is 5.73. The fraction of sp³-hybridized carbons (Fsp3) is 0.462. The summed E-state index contributed by atoms with van der Waals surface area (Å²) in [7, 11) is 0. The van der Waals surface area contributed by atoms with Crippen molar-refractivity contribution >= 4 is 17.3 Å². The highest BCUT2D eigenvalue weighted by molar-refractivity contribution is 5.93. The van der Waals surface area contributed by atoms with Crippen molar-refractivity contribution < 1.29 is 14.6 Å². The third kappa shape index (κ3) is 3.37. The molecule has 1 aliphatic rings. The molecule has 1 aliphatic heterocycles. The van der Waals surface area contributed by atoms with Gasteiger partial charge in [-0.2, -0.15) is 0 Å². The summed E-state index contributed by atoms with van der Waals surface area (Å²) in [5.41, 5.74) is 6.58. The van der Waals surface area contributed by atoms with E-state index in [1.54, 1.807) is 6.07 Å². The normalized spacial score (nSPS) is 18.8. The third-order valence-corrected chi connectivity index (χ3v) is 3.03. The lowest BCUT2D eigenvalue weighted by molar-refractivity contribution is -0.116. The number of aromatic hydroxyl groups is 1. The van der Waals surface area contributed by atoms with Gasteiger partial charge in [0.15, 0.2) is 0 Å². The molecule has 4 N–H and O–H groups in total. The van der Waals surface area contributed by atoms with Crippen LogP contribution in [0.25, 0.3) is 0 Å². The van der Waals surface area contributed by atoms with Crippen LogP contribution in [0.15, 0.2) is 18.2 Å². The van der Waals surface area contributed by atoms with Crippen LogP contribution in [0.3, 0.4) is 0 Å². The molecule has 0 aliphatic carbocycles. The first-order valence-electron chi connectivity index (χ1n) is 6.15. The van der Waals surface area contributed by atoms with Gasteiger partial charge >= 0.3 is 0 Å². The molecule has 1 amide bonds. The van der Waals surface area contributed by atoms with Crippen molar-refractivity contribution in [2.75, 3.05) is 17.7 Å². The number of nitrogens with two attached hydrogens (primary N) is 1. The van der Waals surface area contributed by atoms with Crippen molar-refractivity contribution in [3.8, 4) is 5.75 Å². The molecule has 1 aromatic carbocycles. The van der Waals surface area contributed by atoms with Gasteiger partial charge in [-0.05, 0) is 31.4 Å². The molecule has 1 saturated heterocycles. The van der Waals surface area contributed by atoms with Gasteiger partial charge in [-0.3, -0.25) is 4.79 Å². The Morgan fingerprint density at radius 2 is 2.39 bits per heavy atom. The lowest BCUT2D eigenvalue weighted by Gasteiger charge is -2.10. The highest BCUT2D eigenvalue weighted by atomic mass is 16.5. The zero-order chi connectivity index (χ0) is 13.0. The van der Waals surface area contributed by atoms with Crippen LogP contribution in [0.1, 0.15) is 25.7 Å². The van der Waals surface area contributed by atoms with Crippen molar-refractivity contribution in [1.29, 1.82) is 0 Å². The van der Waals surface area contributed by atoms with Crippen LogP contribution >= 0.6 is 0 Å². The van der Waals surface area contributed by atoms with Gasteiger partial charge in [0.2, 0.25) is 5.91 Å². The van der Waals surface area contributed by atoms with Crippen molar-refractivity contribution in [2.24, 2.45) is 0 Å². The molecule has 1 aromatic rings. The number of phenols is 1. The molecule has 5 heteroatoms. The molecule has 1 heterocycles. The van der Waals surface area contributed by atoms with Gasteiger partial charge in [-0.15, -0.1) is 0 Å². The first kappa shape index (κ1) is 12.7. The minimum atomic E-state index is -0.0807. The van der Waals surface area contributed by atoms with Crippen LogP contribution in [0.5, 0.6) is 5.75 Å². The molecule has 5 nitrogen and oxygen atoms in total. The van der Waals surface area contributed by atoms with Crippen LogP contribution < -0.4 is 11.1 Å². The summed E-state index contributed by atoms with van der Waals surface area (Å²) < 4.78 is 5.46. The molecule has 0 saturated carbocycles. The molecule has 1 atom stereocenters. The Hall–Kier alpha value is -1.75. The van der Waals surface area contributed by atoms with Crippen molar-refractivity contribution in [3.05, 3.63) is 18.2 Å². The van der Waals surface area contributed by atoms with Crippen molar-refractivity contribution in [3.63, 3.8) is 0 Å². The first-order valence-corrected chi connectivity index (χ1v) is 6.15. The average Bonchev–Trinajstić information content (AvgIpc) is 2.83. The van der Waals surface area contributed by atoms with Crippen LogP contribution in [-0.4, -0.2) is 23.7 Å². The van der Waals surface area contributed by atoms with Crippen molar-refractivity contribution in [1.82, 2.24) is 0 Å². The SMILES string of the molecule is Nc1cc(O)ccc1NC(=O)CCC1CCCO1. The molecule has 0 bridgehead atoms. The van der Waals surface area contributed by atoms with Crippen molar-refractivity contribution in [2.45, 2.75) is 31.8 Å². The number of carbonyl (C=O) groups is 1. The highest BCUT2D eigenvalue weighted by Gasteiger charge is 2.16. The van der Waals surface area contributed by atoms with Gasteiger partial charge in [0.1, 0.15) is 5.75 Å². The maximum atomic E-state index is 11.7. The fourth-order valence-electron chi connectivity index (χ4n) is 2.04. The van der Waals surface area contributed by atoms with Gasteiger partial charge in [0.25, 0.3) is 0 Å². The second-order valence-corrected chi connectivity index (χ2v) is 4.49. The fourth-order valence-corrected chi connectivity index (χ4v) is 2.04. The van der Waals surface area contributed by atoms with E-state index in [2.05, 4.69) is 5.32 Å². The molecular weight excluding hydrogens is 232 g/mol. The molecule has 0 radical (unpaired) electrons. The number of nitrogen functional groups attached to an aromatic ring is 1. The number of hydrogen-bond acceptors (Lipinski definition) is 4. The van der Waals surface area contributed by atoms with E-state index in [-0.39, 0.29) is 17.8 Å². The maximum absolute atomic E-state index is 11.7. The topological polar surface area (TPSA) is 84.6 Å². The Bertz CT molecular complexity index is 428. The number of nitrogens with one attached hydrogen (secondary N) is 1. The van der Waals surface area contributed by atoms with E-state index in [9.17, 15) is 9.90 Å². The first-order chi connectivity index (χ1) is 8.65. The lowest BCUT2D eigenvalue weighted by Crippen LogP contribution is -2.16. The molecule has 0 aromatic heterocycles. The van der Waals surface area contributed by atoms with E-state index in [1.807, 2.05) is 0 Å². The van der Waals surface area contributed by atoms with E-state index in [0.29, 0.717) is 17.8 Å². The van der Waals surface area contributed by atoms with E-state index in [0.717, 1.165) is 25.9 Å². The maximum Gasteiger partial charge on any atom is 0.224 e. The Morgan fingerprint density at radius 3 is 3.06 bits per heavy atom. The van der Waals surface area contributed by atoms with Gasteiger partial charge in [0, 0.05) is 19.1 Å². The van der Waals surface area contributed by atoms with Crippen LogP contribution in [0, 0.1) is 0 Å². The van der Waals surface area contributed by atoms with E-state index in [1.165, 1.54) is 12.1 Å². The number of phenolic OH excluding ortho intramolecular Hbond substituents is 1. The van der Waals surface area contributed by atoms with Crippen LogP contribution in [0.4, 0.5) is 11.4 Å². The standard InChI is InChI=1S/C13H18N2O3/c14-11-8-9(16)3-5-12(11)15-13(17)6-4-10-2-1-7-18-10/h3,5,8,10,16H,1-2,4,6-7,14H2,(H,15,17). The second-order valence-electron chi connectivity index (χ2n) is 4.49. The highest BCUT2D eigenvalue weighted by Crippen LogP contribution is 2.24. The molecule has 98 valence electrons. The summed E-state index contributed by atoms with van der Waals surface area (Å²) >= 11 is 0. The zero-order valence-corrected chi connectivity index (χ0v) is 10.2. The average molecular weight is 250 g/mol. The third-order valence-electron chi connectivity index (χ3n) is 3.03.